The molecule has 1 spiro atoms. The maximum absolute atomic E-state index is 13.5. The van der Waals surface area contributed by atoms with Gasteiger partial charge in [0.25, 0.3) is 5.91 Å². The number of hydrogen-bond donors (Lipinski definition) is 2. The lowest BCUT2D eigenvalue weighted by Gasteiger charge is -2.45. The van der Waals surface area contributed by atoms with Crippen LogP contribution in [-0.2, 0) is 26.6 Å². The highest BCUT2D eigenvalue weighted by molar-refractivity contribution is 7.90. The maximum Gasteiger partial charge on any atom is 0.264 e. The van der Waals surface area contributed by atoms with Gasteiger partial charge in [0.1, 0.15) is 11.0 Å². The molecule has 7 atom stereocenters. The molecule has 2 aliphatic carbocycles. The molecule has 1 saturated heterocycles. The summed E-state index contributed by atoms with van der Waals surface area (Å²) in [7, 11) is -4.02. The van der Waals surface area contributed by atoms with Crippen LogP contribution in [0, 0.1) is 23.7 Å². The van der Waals surface area contributed by atoms with Gasteiger partial charge in [-0.05, 0) is 91.3 Å². The van der Waals surface area contributed by atoms with Crippen LogP contribution in [0.1, 0.15) is 54.1 Å². The molecular weight excluding hydrogens is 588 g/mol. The van der Waals surface area contributed by atoms with Gasteiger partial charge < -0.3 is 19.5 Å². The second-order valence-corrected chi connectivity index (χ2v) is 15.6. The summed E-state index contributed by atoms with van der Waals surface area (Å²) < 4.78 is 41.4. The predicted molar refractivity (Wildman–Crippen MR) is 165 cm³/mol. The number of aliphatic hydroxyl groups is 1. The number of nitrogens with zero attached hydrogens (tertiary/aromatic N) is 1. The molecule has 43 heavy (non-hydrogen) atoms. The van der Waals surface area contributed by atoms with Crippen molar-refractivity contribution < 1.29 is 27.8 Å². The Balaban J connectivity index is 1.30. The van der Waals surface area contributed by atoms with Crippen LogP contribution in [0.5, 0.6) is 5.75 Å². The van der Waals surface area contributed by atoms with E-state index in [1.165, 1.54) is 11.1 Å². The summed E-state index contributed by atoms with van der Waals surface area (Å²) in [5.41, 5.74) is 3.28. The molecule has 3 heterocycles. The summed E-state index contributed by atoms with van der Waals surface area (Å²) in [6.07, 6.45) is 8.04. The number of rotatable bonds is 0. The monoisotopic (exact) mass is 626 g/mol. The van der Waals surface area contributed by atoms with Crippen LogP contribution < -0.4 is 14.4 Å². The van der Waals surface area contributed by atoms with Crippen LogP contribution in [0.3, 0.4) is 0 Å². The molecule has 0 unspecified atom stereocenters. The van der Waals surface area contributed by atoms with E-state index in [2.05, 4.69) is 21.8 Å². The lowest BCUT2D eigenvalue weighted by molar-refractivity contribution is 0.0453. The fraction of sp³-hybridized carbons (Fsp3) is 0.545. The maximum atomic E-state index is 13.5. The molecule has 230 valence electrons. The van der Waals surface area contributed by atoms with Crippen molar-refractivity contribution in [2.45, 2.75) is 55.8 Å². The molecule has 2 aromatic rings. The molecule has 2 fully saturated rings. The quantitative estimate of drug-likeness (QED) is 0.416. The van der Waals surface area contributed by atoms with Gasteiger partial charge in [-0.1, -0.05) is 36.7 Å². The molecule has 1 saturated carbocycles. The number of amides is 1. The zero-order chi connectivity index (χ0) is 29.9. The van der Waals surface area contributed by atoms with E-state index in [0.717, 1.165) is 42.8 Å². The molecule has 1 amide bonds. The van der Waals surface area contributed by atoms with Crippen molar-refractivity contribution in [3.05, 3.63) is 70.3 Å². The van der Waals surface area contributed by atoms with E-state index in [1.54, 1.807) is 18.2 Å². The number of benzene rings is 2. The zero-order valence-electron chi connectivity index (χ0n) is 24.4. The van der Waals surface area contributed by atoms with Gasteiger partial charge in [0.15, 0.2) is 0 Å². The molecular formula is C33H39ClN2O6S. The first-order chi connectivity index (χ1) is 20.6. The van der Waals surface area contributed by atoms with E-state index in [1.807, 2.05) is 25.1 Å². The topological polar surface area (TPSA) is 105 Å². The van der Waals surface area contributed by atoms with Crippen LogP contribution in [0.25, 0.3) is 0 Å². The molecule has 5 aliphatic rings. The van der Waals surface area contributed by atoms with E-state index in [9.17, 15) is 18.3 Å². The number of carbonyl (C=O) groups is 1. The Morgan fingerprint density at radius 2 is 1.95 bits per heavy atom. The molecule has 0 aromatic heterocycles. The lowest BCUT2D eigenvalue weighted by atomic mass is 9.68. The molecule has 2 aromatic carbocycles. The SMILES string of the molecule is C[C@@H]1/C=C/[C@H](O)[C@@H]2CC[C@H]2CN2C[C@@]3(CCCc4cc(Cl)ccc43)COc3ccc(cc32)C(=O)NS(=O)(=O)[C@H]2COC[C@H]12. The van der Waals surface area contributed by atoms with Crippen LogP contribution in [0.15, 0.2) is 48.6 Å². The van der Waals surface area contributed by atoms with Crippen molar-refractivity contribution >= 4 is 33.2 Å². The highest BCUT2D eigenvalue weighted by Gasteiger charge is 2.45. The molecule has 8 nitrogen and oxygen atoms in total. The summed E-state index contributed by atoms with van der Waals surface area (Å²) in [6.45, 7) is 4.14. The lowest BCUT2D eigenvalue weighted by Crippen LogP contribution is -2.49. The van der Waals surface area contributed by atoms with Crippen molar-refractivity contribution in [1.82, 2.24) is 4.72 Å². The second kappa shape index (κ2) is 11.1. The average Bonchev–Trinajstić information content (AvgIpc) is 3.42. The Labute approximate surface area is 258 Å². The second-order valence-electron chi connectivity index (χ2n) is 13.2. The van der Waals surface area contributed by atoms with Gasteiger partial charge in [-0.15, -0.1) is 0 Å². The summed E-state index contributed by atoms with van der Waals surface area (Å²) >= 11 is 6.39. The Bertz CT molecular complexity index is 1560. The Morgan fingerprint density at radius 1 is 1.09 bits per heavy atom. The molecule has 2 N–H and O–H groups in total. The van der Waals surface area contributed by atoms with Crippen molar-refractivity contribution in [1.29, 1.82) is 0 Å². The first kappa shape index (κ1) is 29.1. The number of anilines is 1. The standard InChI is InChI=1S/C33H39ClN2O6S/c1-20-4-10-29(37)25-8-5-23(25)15-36-18-33(12-2-3-21-13-24(34)7-9-27(21)33)19-42-30-11-6-22(14-28(30)36)32(38)35-43(39,40)31-17-41-16-26(20)31/h4,6-7,9-11,13-14,20,23,25-26,29,31,37H,2-3,5,8,12,15-19H2,1H3,(H,35,38)/b10-4+/t20-,23+,25-,26-,29+,31+,33+/m1/s1. The van der Waals surface area contributed by atoms with E-state index in [4.69, 9.17) is 21.1 Å². The number of sulfonamides is 1. The number of halogens is 1. The van der Waals surface area contributed by atoms with Gasteiger partial charge in [-0.3, -0.25) is 4.79 Å². The van der Waals surface area contributed by atoms with Crippen LogP contribution in [0.2, 0.25) is 5.02 Å². The highest BCUT2D eigenvalue weighted by Crippen LogP contribution is 2.47. The third-order valence-electron chi connectivity index (χ3n) is 10.7. The fourth-order valence-electron chi connectivity index (χ4n) is 8.01. The number of ether oxygens (including phenoxy) is 2. The van der Waals surface area contributed by atoms with Crippen LogP contribution in [-0.4, -0.2) is 63.7 Å². The van der Waals surface area contributed by atoms with Gasteiger partial charge in [-0.25, -0.2) is 13.1 Å². The third-order valence-corrected chi connectivity index (χ3v) is 12.6. The van der Waals surface area contributed by atoms with Crippen LogP contribution in [0.4, 0.5) is 5.69 Å². The summed E-state index contributed by atoms with van der Waals surface area (Å²) in [5.74, 6) is -0.0826. The number of aryl methyl sites for hydroxylation is 1. The number of carbonyl (C=O) groups excluding carboxylic acids is 1. The molecule has 3 aliphatic heterocycles. The van der Waals surface area contributed by atoms with E-state index < -0.39 is 27.3 Å². The largest absolute Gasteiger partial charge is 0.490 e. The first-order valence-electron chi connectivity index (χ1n) is 15.4. The number of hydrogen-bond acceptors (Lipinski definition) is 7. The Hall–Kier alpha value is -2.59. The summed E-state index contributed by atoms with van der Waals surface area (Å²) in [6, 6.07) is 11.4. The van der Waals surface area contributed by atoms with Gasteiger partial charge in [0.05, 0.1) is 31.6 Å². The molecule has 10 heteroatoms. The van der Waals surface area contributed by atoms with Crippen molar-refractivity contribution in [3.8, 4) is 5.75 Å². The molecule has 0 radical (unpaired) electrons. The number of fused-ring (bicyclic) bond motifs is 5. The Morgan fingerprint density at radius 3 is 2.77 bits per heavy atom. The van der Waals surface area contributed by atoms with Gasteiger partial charge >= 0.3 is 0 Å². The average molecular weight is 627 g/mol. The minimum Gasteiger partial charge on any atom is -0.490 e. The van der Waals surface area contributed by atoms with Gasteiger partial charge in [-0.2, -0.15) is 0 Å². The molecule has 7 rings (SSSR count). The van der Waals surface area contributed by atoms with E-state index in [0.29, 0.717) is 25.4 Å². The Kier molecular flexibility index (Phi) is 7.51. The normalized spacial score (nSPS) is 35.8. The predicted octanol–water partition coefficient (Wildman–Crippen LogP) is 4.48. The highest BCUT2D eigenvalue weighted by atomic mass is 35.5. The summed E-state index contributed by atoms with van der Waals surface area (Å²) in [4.78, 5) is 15.8. The third kappa shape index (κ3) is 5.26. The van der Waals surface area contributed by atoms with Gasteiger partial charge in [0.2, 0.25) is 10.0 Å². The first-order valence-corrected chi connectivity index (χ1v) is 17.4. The van der Waals surface area contributed by atoms with Gasteiger partial charge in [0, 0.05) is 35.0 Å². The van der Waals surface area contributed by atoms with Crippen molar-refractivity contribution in [3.63, 3.8) is 0 Å². The van der Waals surface area contributed by atoms with Crippen molar-refractivity contribution in [2.24, 2.45) is 23.7 Å². The summed E-state index contributed by atoms with van der Waals surface area (Å²) in [5, 5.41) is 11.1. The number of nitrogens with one attached hydrogen (secondary N) is 1. The zero-order valence-corrected chi connectivity index (χ0v) is 25.9. The minimum atomic E-state index is -4.02. The number of aliphatic hydroxyl groups excluding tert-OH is 1. The van der Waals surface area contributed by atoms with E-state index >= 15 is 0 Å². The van der Waals surface area contributed by atoms with Crippen molar-refractivity contribution in [2.75, 3.05) is 37.8 Å². The molecule has 2 bridgehead atoms. The smallest absolute Gasteiger partial charge is 0.264 e. The van der Waals surface area contributed by atoms with Crippen LogP contribution >= 0.6 is 11.6 Å². The van der Waals surface area contributed by atoms with E-state index in [-0.39, 0.29) is 47.9 Å². The minimum absolute atomic E-state index is 0.0271. The fourth-order valence-corrected chi connectivity index (χ4v) is 9.79. The number of allylic oxidation sites excluding steroid dienone is 1.